The Bertz CT molecular complexity index is 786. The normalized spacial score (nSPS) is 14.6. The zero-order valence-corrected chi connectivity index (χ0v) is 16.3. The van der Waals surface area contributed by atoms with E-state index in [9.17, 15) is 9.59 Å². The second kappa shape index (κ2) is 9.48. The highest BCUT2D eigenvalue weighted by molar-refractivity contribution is 5.79. The fourth-order valence-electron chi connectivity index (χ4n) is 3.47. The van der Waals surface area contributed by atoms with Crippen LogP contribution in [0.2, 0.25) is 0 Å². The van der Waals surface area contributed by atoms with Crippen molar-refractivity contribution in [1.29, 1.82) is 0 Å². The fraction of sp³-hybridized carbons (Fsp3) is 0.524. The number of carboxylic acids is 1. The SMILES string of the molecule is CN(CCCC(=O)O)C(=O)C(Cc1cn(CCc2ccccc2)nn1)C1CC1. The van der Waals surface area contributed by atoms with E-state index < -0.39 is 5.97 Å². The summed E-state index contributed by atoms with van der Waals surface area (Å²) < 4.78 is 1.84. The third kappa shape index (κ3) is 5.90. The van der Waals surface area contributed by atoms with Gasteiger partial charge in [-0.25, -0.2) is 0 Å². The van der Waals surface area contributed by atoms with E-state index in [4.69, 9.17) is 5.11 Å². The number of amides is 1. The van der Waals surface area contributed by atoms with E-state index in [1.807, 2.05) is 29.1 Å². The van der Waals surface area contributed by atoms with Crippen molar-refractivity contribution in [2.24, 2.45) is 11.8 Å². The Morgan fingerprint density at radius 2 is 2.04 bits per heavy atom. The zero-order valence-electron chi connectivity index (χ0n) is 16.3. The van der Waals surface area contributed by atoms with Crippen molar-refractivity contribution in [2.45, 2.75) is 45.1 Å². The molecule has 7 heteroatoms. The Morgan fingerprint density at radius 3 is 2.71 bits per heavy atom. The molecule has 1 heterocycles. The van der Waals surface area contributed by atoms with Crippen molar-refractivity contribution in [2.75, 3.05) is 13.6 Å². The first kappa shape index (κ1) is 20.0. The van der Waals surface area contributed by atoms with Crippen LogP contribution in [0.4, 0.5) is 0 Å². The van der Waals surface area contributed by atoms with Gasteiger partial charge in [0.05, 0.1) is 5.69 Å². The number of nitrogens with zero attached hydrogens (tertiary/aromatic N) is 4. The van der Waals surface area contributed by atoms with Crippen LogP contribution in [-0.2, 0) is 29.0 Å². The fourth-order valence-corrected chi connectivity index (χ4v) is 3.47. The molecule has 2 aromatic rings. The van der Waals surface area contributed by atoms with Crippen LogP contribution < -0.4 is 0 Å². The Hall–Kier alpha value is -2.70. The molecule has 1 aliphatic carbocycles. The summed E-state index contributed by atoms with van der Waals surface area (Å²) in [6.07, 6.45) is 6.13. The summed E-state index contributed by atoms with van der Waals surface area (Å²) in [7, 11) is 1.76. The van der Waals surface area contributed by atoms with E-state index in [0.29, 0.717) is 25.3 Å². The van der Waals surface area contributed by atoms with E-state index in [1.165, 1.54) is 5.56 Å². The van der Waals surface area contributed by atoms with Gasteiger partial charge in [0, 0.05) is 45.1 Å². The molecule has 1 aromatic heterocycles. The van der Waals surface area contributed by atoms with Crippen LogP contribution in [0.15, 0.2) is 36.5 Å². The number of hydrogen-bond acceptors (Lipinski definition) is 4. The molecule has 0 spiro atoms. The van der Waals surface area contributed by atoms with Gasteiger partial charge >= 0.3 is 5.97 Å². The summed E-state index contributed by atoms with van der Waals surface area (Å²) in [6.45, 7) is 1.23. The molecule has 0 saturated heterocycles. The van der Waals surface area contributed by atoms with Crippen molar-refractivity contribution in [1.82, 2.24) is 19.9 Å². The summed E-state index contributed by atoms with van der Waals surface area (Å²) in [5.74, 6) is -0.420. The highest BCUT2D eigenvalue weighted by Crippen LogP contribution is 2.39. The number of hydrogen-bond donors (Lipinski definition) is 1. The molecule has 0 radical (unpaired) electrons. The van der Waals surface area contributed by atoms with E-state index in [1.54, 1.807) is 11.9 Å². The predicted molar refractivity (Wildman–Crippen MR) is 105 cm³/mol. The molecule has 1 N–H and O–H groups in total. The molecule has 1 aromatic carbocycles. The highest BCUT2D eigenvalue weighted by Gasteiger charge is 2.38. The molecule has 1 unspecified atom stereocenters. The third-order valence-electron chi connectivity index (χ3n) is 5.26. The Kier molecular flexibility index (Phi) is 6.79. The van der Waals surface area contributed by atoms with Gasteiger partial charge in [-0.1, -0.05) is 35.5 Å². The number of carbonyl (C=O) groups excluding carboxylic acids is 1. The summed E-state index contributed by atoms with van der Waals surface area (Å²) in [4.78, 5) is 25.2. The lowest BCUT2D eigenvalue weighted by Crippen LogP contribution is -2.36. The lowest BCUT2D eigenvalue weighted by Gasteiger charge is -2.23. The second-order valence-electron chi connectivity index (χ2n) is 7.61. The molecular weight excluding hydrogens is 356 g/mol. The van der Waals surface area contributed by atoms with Gasteiger partial charge in [-0.05, 0) is 37.2 Å². The Balaban J connectivity index is 1.53. The molecule has 1 saturated carbocycles. The molecule has 150 valence electrons. The molecule has 3 rings (SSSR count). The van der Waals surface area contributed by atoms with Gasteiger partial charge in [-0.15, -0.1) is 5.10 Å². The first-order chi connectivity index (χ1) is 13.5. The number of aliphatic carboxylic acids is 1. The summed E-state index contributed by atoms with van der Waals surface area (Å²) in [5.41, 5.74) is 2.10. The van der Waals surface area contributed by atoms with Crippen LogP contribution in [0.25, 0.3) is 0 Å². The van der Waals surface area contributed by atoms with Crippen molar-refractivity contribution in [3.05, 3.63) is 47.8 Å². The maximum atomic E-state index is 12.8. The van der Waals surface area contributed by atoms with Gasteiger partial charge in [0.2, 0.25) is 5.91 Å². The Morgan fingerprint density at radius 1 is 1.29 bits per heavy atom. The quantitative estimate of drug-likeness (QED) is 0.643. The third-order valence-corrected chi connectivity index (χ3v) is 5.26. The minimum absolute atomic E-state index is 0.0848. The lowest BCUT2D eigenvalue weighted by atomic mass is 9.96. The van der Waals surface area contributed by atoms with Crippen molar-refractivity contribution in [3.8, 4) is 0 Å². The monoisotopic (exact) mass is 384 g/mol. The summed E-state index contributed by atoms with van der Waals surface area (Å²) in [5, 5.41) is 17.2. The number of aromatic nitrogens is 3. The average molecular weight is 384 g/mol. The van der Waals surface area contributed by atoms with Crippen LogP contribution >= 0.6 is 0 Å². The minimum Gasteiger partial charge on any atom is -0.481 e. The number of carboxylic acid groups (broad SMARTS) is 1. The van der Waals surface area contributed by atoms with Gasteiger partial charge in [0.1, 0.15) is 0 Å². The van der Waals surface area contributed by atoms with Crippen molar-refractivity contribution >= 4 is 11.9 Å². The van der Waals surface area contributed by atoms with Crippen molar-refractivity contribution in [3.63, 3.8) is 0 Å². The molecule has 0 aliphatic heterocycles. The molecule has 28 heavy (non-hydrogen) atoms. The second-order valence-corrected chi connectivity index (χ2v) is 7.61. The van der Waals surface area contributed by atoms with Crippen LogP contribution in [0, 0.1) is 11.8 Å². The molecular formula is C21H28N4O3. The number of carbonyl (C=O) groups is 2. The number of aryl methyl sites for hydroxylation is 2. The zero-order chi connectivity index (χ0) is 19.9. The van der Waals surface area contributed by atoms with Crippen LogP contribution in [-0.4, -0.2) is 50.5 Å². The molecule has 1 amide bonds. The smallest absolute Gasteiger partial charge is 0.303 e. The number of benzene rings is 1. The minimum atomic E-state index is -0.827. The topological polar surface area (TPSA) is 88.3 Å². The van der Waals surface area contributed by atoms with Crippen LogP contribution in [0.1, 0.15) is 36.9 Å². The first-order valence-corrected chi connectivity index (χ1v) is 9.92. The molecule has 7 nitrogen and oxygen atoms in total. The van der Waals surface area contributed by atoms with Gasteiger partial charge in [-0.2, -0.15) is 0 Å². The van der Waals surface area contributed by atoms with Gasteiger partial charge in [0.25, 0.3) is 0 Å². The number of rotatable bonds is 11. The first-order valence-electron chi connectivity index (χ1n) is 9.92. The van der Waals surface area contributed by atoms with E-state index in [2.05, 4.69) is 22.4 Å². The molecule has 0 bridgehead atoms. The highest BCUT2D eigenvalue weighted by atomic mass is 16.4. The van der Waals surface area contributed by atoms with E-state index in [0.717, 1.165) is 31.5 Å². The predicted octanol–water partition coefficient (Wildman–Crippen LogP) is 2.41. The van der Waals surface area contributed by atoms with Crippen LogP contribution in [0.5, 0.6) is 0 Å². The summed E-state index contributed by atoms with van der Waals surface area (Å²) >= 11 is 0. The maximum absolute atomic E-state index is 12.8. The molecule has 1 atom stereocenters. The largest absolute Gasteiger partial charge is 0.481 e. The summed E-state index contributed by atoms with van der Waals surface area (Å²) in [6, 6.07) is 10.3. The maximum Gasteiger partial charge on any atom is 0.303 e. The van der Waals surface area contributed by atoms with Crippen LogP contribution in [0.3, 0.4) is 0 Å². The molecule has 1 aliphatic rings. The van der Waals surface area contributed by atoms with Crippen molar-refractivity contribution < 1.29 is 14.7 Å². The van der Waals surface area contributed by atoms with Gasteiger partial charge in [0.15, 0.2) is 0 Å². The Labute approximate surface area is 165 Å². The standard InChI is InChI=1S/C21H28N4O3/c1-24(12-5-8-20(26)27)21(28)19(17-9-10-17)14-18-15-25(23-22-18)13-11-16-6-3-2-4-7-16/h2-4,6-7,15,17,19H,5,8-14H2,1H3,(H,26,27). The molecule has 1 fully saturated rings. The average Bonchev–Trinajstić information content (AvgIpc) is 3.43. The lowest BCUT2D eigenvalue weighted by molar-refractivity contribution is -0.139. The van der Waals surface area contributed by atoms with E-state index >= 15 is 0 Å². The van der Waals surface area contributed by atoms with Gasteiger partial charge in [-0.3, -0.25) is 14.3 Å². The van der Waals surface area contributed by atoms with E-state index in [-0.39, 0.29) is 18.2 Å². The van der Waals surface area contributed by atoms with Gasteiger partial charge < -0.3 is 10.0 Å².